The highest BCUT2D eigenvalue weighted by atomic mass is 32.2. The van der Waals surface area contributed by atoms with Gasteiger partial charge in [0.05, 0.1) is 22.4 Å². The highest BCUT2D eigenvalue weighted by Gasteiger charge is 2.45. The number of fused-ring (bicyclic) bond motifs is 2. The Hall–Kier alpha value is -4.41. The number of nitrogens with zero attached hydrogens (tertiary/aromatic N) is 4. The van der Waals surface area contributed by atoms with Gasteiger partial charge in [-0.2, -0.15) is 4.58 Å². The normalized spacial score (nSPS) is 16.7. The van der Waals surface area contributed by atoms with E-state index in [1.165, 1.54) is 23.5 Å². The molecule has 19 heteroatoms. The van der Waals surface area contributed by atoms with Crippen LogP contribution in [0.25, 0.3) is 0 Å². The summed E-state index contributed by atoms with van der Waals surface area (Å²) in [4.78, 5) is 20.5. The van der Waals surface area contributed by atoms with Gasteiger partial charge in [-0.15, -0.1) is 13.4 Å². The maximum absolute atomic E-state index is 13.8. The summed E-state index contributed by atoms with van der Waals surface area (Å²) in [7, 11) is -2.51. The van der Waals surface area contributed by atoms with Gasteiger partial charge in [0.1, 0.15) is 6.54 Å². The average molecular weight is 888 g/mol. The van der Waals surface area contributed by atoms with E-state index in [9.17, 15) is 23.4 Å². The molecule has 0 spiro atoms. The van der Waals surface area contributed by atoms with E-state index in [0.717, 1.165) is 69.4 Å². The number of hydrogen-bond donors (Lipinski definition) is 4. The van der Waals surface area contributed by atoms with Gasteiger partial charge in [0, 0.05) is 102 Å². The summed E-state index contributed by atoms with van der Waals surface area (Å²) in [6.07, 6.45) is 14.6. The third-order valence-electron chi connectivity index (χ3n) is 10.4. The quantitative estimate of drug-likeness (QED) is 0.0204. The van der Waals surface area contributed by atoms with Crippen LogP contribution < -0.4 is 9.74 Å². The van der Waals surface area contributed by atoms with E-state index < -0.39 is 33.2 Å². The maximum atomic E-state index is 13.8. The average Bonchev–Trinajstić information content (AvgIpc) is 3.73. The molecule has 3 aromatic rings. The molecule has 2 aliphatic heterocycles. The van der Waals surface area contributed by atoms with Crippen LogP contribution in [0.3, 0.4) is 0 Å². The molecule has 0 amide bonds. The minimum atomic E-state index is -3.96. The number of anilines is 1. The molecule has 5 rings (SSSR count). The molecule has 4 N–H and O–H groups in total. The summed E-state index contributed by atoms with van der Waals surface area (Å²) in [5.41, 5.74) is 5.13. The summed E-state index contributed by atoms with van der Waals surface area (Å²) < 4.78 is 40.7. The Labute approximate surface area is 358 Å². The lowest BCUT2D eigenvalue weighted by Crippen LogP contribution is -2.30. The van der Waals surface area contributed by atoms with E-state index in [1.54, 1.807) is 18.2 Å². The Morgan fingerprint density at radius 3 is 2.28 bits per heavy atom. The van der Waals surface area contributed by atoms with Crippen molar-refractivity contribution in [3.63, 3.8) is 0 Å². The Morgan fingerprint density at radius 1 is 0.883 bits per heavy atom. The third-order valence-corrected chi connectivity index (χ3v) is 13.4. The van der Waals surface area contributed by atoms with Crippen molar-refractivity contribution in [2.45, 2.75) is 74.5 Å². The lowest BCUT2D eigenvalue weighted by molar-refractivity contribution is -0.438. The first kappa shape index (κ1) is 46.7. The third kappa shape index (κ3) is 10.4. The number of likely N-dealkylation sites (N-methyl/N-ethyl adjacent to an activating group) is 1. The zero-order chi connectivity index (χ0) is 43.7. The molecule has 0 atom stereocenters. The molecule has 16 nitrogen and oxygen atoms in total. The predicted molar refractivity (Wildman–Crippen MR) is 228 cm³/mol. The van der Waals surface area contributed by atoms with Gasteiger partial charge in [0.15, 0.2) is 5.71 Å². The van der Waals surface area contributed by atoms with Crippen LogP contribution in [0.5, 0.6) is 11.8 Å². The Balaban J connectivity index is 1.30. The molecule has 0 unspecified atom stereocenters. The Bertz CT molecular complexity index is 2260. The molecule has 60 heavy (non-hydrogen) atoms. The fourth-order valence-corrected chi connectivity index (χ4v) is 9.36. The van der Waals surface area contributed by atoms with Crippen LogP contribution in [-0.2, 0) is 44.4 Å². The van der Waals surface area contributed by atoms with Gasteiger partial charge in [-0.3, -0.25) is 0 Å². The number of carbonyl (C=O) groups excluding carboxylic acids is 1. The highest BCUT2D eigenvalue weighted by Crippen LogP contribution is 2.49. The van der Waals surface area contributed by atoms with Gasteiger partial charge in [0.2, 0.25) is 27.5 Å². The lowest BCUT2D eigenvalue weighted by Gasteiger charge is -2.25. The van der Waals surface area contributed by atoms with E-state index in [1.807, 2.05) is 68.5 Å². The second kappa shape index (κ2) is 20.4. The number of sulfonamides is 1. The molecule has 3 heterocycles. The highest BCUT2D eigenvalue weighted by molar-refractivity contribution is 7.94. The van der Waals surface area contributed by atoms with E-state index >= 15 is 0 Å². The fourth-order valence-electron chi connectivity index (χ4n) is 7.37. The van der Waals surface area contributed by atoms with Gasteiger partial charge in [-0.1, -0.05) is 54.3 Å². The number of carbonyl (C=O) groups is 1. The van der Waals surface area contributed by atoms with Crippen LogP contribution in [0.4, 0.5) is 11.4 Å². The van der Waals surface area contributed by atoms with Crippen LogP contribution in [0.15, 0.2) is 107 Å². The molecule has 0 radical (unpaired) electrons. The van der Waals surface area contributed by atoms with Crippen molar-refractivity contribution in [2.75, 3.05) is 37.3 Å². The van der Waals surface area contributed by atoms with E-state index in [0.29, 0.717) is 23.4 Å². The minimum absolute atomic E-state index is 0.0173. The minimum Gasteiger partial charge on any atom is -0.492 e. The Kier molecular flexibility index (Phi) is 15.9. The maximum Gasteiger partial charge on any atom is 0.333 e. The van der Waals surface area contributed by atoms with Gasteiger partial charge in [-0.05, 0) is 69.2 Å². The summed E-state index contributed by atoms with van der Waals surface area (Å²) in [5.74, 6) is -1.13. The van der Waals surface area contributed by atoms with Crippen molar-refractivity contribution in [2.24, 2.45) is 0 Å². The number of aromatic hydroxyl groups is 2. The van der Waals surface area contributed by atoms with Crippen LogP contribution >= 0.6 is 24.1 Å². The number of rotatable bonds is 21. The first-order valence-electron chi connectivity index (χ1n) is 19.0. The molecule has 1 aromatic heterocycles. The zero-order valence-corrected chi connectivity index (χ0v) is 36.6. The number of allylic oxidation sites excluding steroid dienone is 8. The number of benzene rings is 2. The molecule has 0 saturated heterocycles. The standard InChI is InChI=1S/C41H50N4O12S3/c1-7-43-33-20-18-29(59-57-55-50)27-31(33)40(2,3)35(43)15-11-9-8-10-12-16-36-41(4,5)32-28-30(19-21-34(32)44(36)25-14-26-58-56-54-49)60(51,52)42(6)24-13-17-39(48)53-45-37(46)22-23-38(45)47/h8-12,15-16,18-23,27-28H,7,13-14,17,24-26H2,1-6H3,(H3-,46,47,49,50)/p+1. The van der Waals surface area contributed by atoms with Crippen molar-refractivity contribution in [1.82, 2.24) is 9.04 Å². The van der Waals surface area contributed by atoms with Crippen LogP contribution in [0.1, 0.15) is 65.0 Å². The molecule has 0 aliphatic carbocycles. The van der Waals surface area contributed by atoms with Crippen molar-refractivity contribution in [1.29, 1.82) is 0 Å². The van der Waals surface area contributed by atoms with Crippen LogP contribution in [0.2, 0.25) is 0 Å². The molecule has 324 valence electrons. The predicted octanol–water partition coefficient (Wildman–Crippen LogP) is 7.59. The SMILES string of the molecule is CCN1C(=CC=CC=CC=CC2=[N+](CCCSOOO)c3ccc(S(=O)(=O)N(C)CCCC(=O)On4c(O)ccc4O)cc3C2(C)C)C(C)(C)c2cc(SOOO)ccc21. The van der Waals surface area contributed by atoms with Crippen molar-refractivity contribution in [3.05, 3.63) is 108 Å². The zero-order valence-electron chi connectivity index (χ0n) is 34.2. The molecular formula is C41H51N4O12S3+. The topological polar surface area (TPSA) is 193 Å². The summed E-state index contributed by atoms with van der Waals surface area (Å²) >= 11 is 1.90. The number of hydrogen-bond acceptors (Lipinski definition) is 15. The largest absolute Gasteiger partial charge is 0.492 e. The van der Waals surface area contributed by atoms with E-state index in [-0.39, 0.29) is 29.7 Å². The van der Waals surface area contributed by atoms with Gasteiger partial charge >= 0.3 is 5.97 Å². The van der Waals surface area contributed by atoms with Crippen molar-refractivity contribution < 1.29 is 62.1 Å². The second-order valence-electron chi connectivity index (χ2n) is 14.9. The van der Waals surface area contributed by atoms with Crippen molar-refractivity contribution >= 4 is 57.2 Å². The lowest BCUT2D eigenvalue weighted by atomic mass is 9.81. The summed E-state index contributed by atoms with van der Waals surface area (Å²) in [6.45, 7) is 11.9. The van der Waals surface area contributed by atoms with Gasteiger partial charge < -0.3 is 20.0 Å². The van der Waals surface area contributed by atoms with Gasteiger partial charge in [-0.25, -0.2) is 28.0 Å². The Morgan fingerprint density at radius 2 is 1.58 bits per heavy atom. The molecular weight excluding hydrogens is 837 g/mol. The van der Waals surface area contributed by atoms with Crippen LogP contribution in [0, 0.1) is 0 Å². The monoisotopic (exact) mass is 887 g/mol. The number of aromatic nitrogens is 1. The molecule has 0 bridgehead atoms. The fraction of sp³-hybridized carbons (Fsp3) is 0.366. The smallest absolute Gasteiger partial charge is 0.333 e. The molecule has 0 saturated carbocycles. The summed E-state index contributed by atoms with van der Waals surface area (Å²) in [5, 5.41) is 44.0. The molecule has 2 aromatic carbocycles. The first-order valence-corrected chi connectivity index (χ1v) is 22.1. The molecule has 0 fully saturated rings. The second-order valence-corrected chi connectivity index (χ2v) is 18.5. The first-order chi connectivity index (χ1) is 28.6. The van der Waals surface area contributed by atoms with E-state index in [4.69, 9.17) is 15.4 Å². The molecule has 2 aliphatic rings. The van der Waals surface area contributed by atoms with Gasteiger partial charge in [0.25, 0.3) is 0 Å². The van der Waals surface area contributed by atoms with Crippen LogP contribution in [-0.4, -0.2) is 86.9 Å². The van der Waals surface area contributed by atoms with Crippen molar-refractivity contribution in [3.8, 4) is 11.8 Å². The summed E-state index contributed by atoms with van der Waals surface area (Å²) in [6, 6.07) is 13.4. The van der Waals surface area contributed by atoms with E-state index in [2.05, 4.69) is 55.1 Å².